The third kappa shape index (κ3) is 3.70. The summed E-state index contributed by atoms with van der Waals surface area (Å²) in [7, 11) is 0. The van der Waals surface area contributed by atoms with Crippen LogP contribution in [0.2, 0.25) is 0 Å². The average Bonchev–Trinajstić information content (AvgIpc) is 2.78. The van der Waals surface area contributed by atoms with Crippen molar-refractivity contribution in [2.24, 2.45) is 5.41 Å². The van der Waals surface area contributed by atoms with Crippen LogP contribution in [-0.2, 0) is 5.41 Å². The molecule has 1 aliphatic rings. The SMILES string of the molecule is CC1(C)C=CC(c2ccccc2)(c2ccccc2)C1.I.I. The smallest absolute Gasteiger partial charge is 0.0390 e. The predicted octanol–water partition coefficient (Wildman–Crippen LogP) is 6.19. The summed E-state index contributed by atoms with van der Waals surface area (Å²) in [5.74, 6) is 0. The summed E-state index contributed by atoms with van der Waals surface area (Å²) >= 11 is 0. The molecule has 2 heteroatoms. The topological polar surface area (TPSA) is 0 Å². The number of halogens is 2. The monoisotopic (exact) mass is 504 g/mol. The second kappa shape index (κ2) is 7.27. The molecule has 0 atom stereocenters. The van der Waals surface area contributed by atoms with Gasteiger partial charge in [0.2, 0.25) is 0 Å². The first-order valence-corrected chi connectivity index (χ1v) is 6.94. The van der Waals surface area contributed by atoms with Crippen LogP contribution in [0.3, 0.4) is 0 Å². The molecule has 21 heavy (non-hydrogen) atoms. The zero-order valence-corrected chi connectivity index (χ0v) is 17.1. The molecule has 2 aromatic rings. The molecule has 0 aromatic heterocycles. The van der Waals surface area contributed by atoms with Gasteiger partial charge in [-0.25, -0.2) is 0 Å². The molecule has 0 heterocycles. The summed E-state index contributed by atoms with van der Waals surface area (Å²) in [6.45, 7) is 4.63. The van der Waals surface area contributed by atoms with Crippen molar-refractivity contribution in [3.05, 3.63) is 83.9 Å². The lowest BCUT2D eigenvalue weighted by Gasteiger charge is -2.32. The van der Waals surface area contributed by atoms with Gasteiger partial charge in [0.25, 0.3) is 0 Å². The van der Waals surface area contributed by atoms with Gasteiger partial charge in [0.05, 0.1) is 0 Å². The Labute approximate surface area is 162 Å². The van der Waals surface area contributed by atoms with E-state index in [1.54, 1.807) is 0 Å². The zero-order chi connectivity index (χ0) is 13.3. The van der Waals surface area contributed by atoms with Crippen LogP contribution in [0.4, 0.5) is 0 Å². The van der Waals surface area contributed by atoms with E-state index in [-0.39, 0.29) is 58.8 Å². The van der Waals surface area contributed by atoms with Crippen LogP contribution in [0.1, 0.15) is 31.4 Å². The third-order valence-corrected chi connectivity index (χ3v) is 4.13. The van der Waals surface area contributed by atoms with E-state index in [2.05, 4.69) is 86.7 Å². The summed E-state index contributed by atoms with van der Waals surface area (Å²) in [5, 5.41) is 0. The quantitative estimate of drug-likeness (QED) is 0.338. The fraction of sp³-hybridized carbons (Fsp3) is 0.263. The largest absolute Gasteiger partial charge is 0.107 e. The average molecular weight is 504 g/mol. The minimum Gasteiger partial charge on any atom is -0.107 e. The fourth-order valence-electron chi connectivity index (χ4n) is 3.24. The second-order valence-electron chi connectivity index (χ2n) is 6.20. The molecule has 0 radical (unpaired) electrons. The molecule has 0 saturated heterocycles. The van der Waals surface area contributed by atoms with Gasteiger partial charge in [0.15, 0.2) is 0 Å². The molecule has 0 amide bonds. The molecular weight excluding hydrogens is 482 g/mol. The van der Waals surface area contributed by atoms with Gasteiger partial charge in [-0.1, -0.05) is 86.7 Å². The van der Waals surface area contributed by atoms with Crippen LogP contribution in [0.15, 0.2) is 72.8 Å². The lowest BCUT2D eigenvalue weighted by molar-refractivity contribution is 0.402. The standard InChI is InChI=1S/C19H20.2HI/c1-18(2)13-14-19(15-18,16-9-5-3-6-10-16)17-11-7-4-8-12-17;;/h3-14H,15H2,1-2H3;2*1H. The summed E-state index contributed by atoms with van der Waals surface area (Å²) in [5.41, 5.74) is 3.07. The van der Waals surface area contributed by atoms with Gasteiger partial charge in [-0.3, -0.25) is 0 Å². The molecule has 0 unspecified atom stereocenters. The Bertz CT molecular complexity index is 546. The first-order chi connectivity index (χ1) is 9.12. The van der Waals surface area contributed by atoms with Crippen LogP contribution in [-0.4, -0.2) is 0 Å². The van der Waals surface area contributed by atoms with E-state index in [4.69, 9.17) is 0 Å². The molecule has 0 saturated carbocycles. The number of hydrogen-bond acceptors (Lipinski definition) is 0. The van der Waals surface area contributed by atoms with E-state index >= 15 is 0 Å². The van der Waals surface area contributed by atoms with Gasteiger partial charge in [-0.2, -0.15) is 0 Å². The molecule has 0 nitrogen and oxygen atoms in total. The maximum atomic E-state index is 2.40. The Kier molecular flexibility index (Phi) is 6.47. The van der Waals surface area contributed by atoms with E-state index in [9.17, 15) is 0 Å². The number of rotatable bonds is 2. The number of benzene rings is 2. The first kappa shape index (κ1) is 18.7. The van der Waals surface area contributed by atoms with Gasteiger partial charge in [0.1, 0.15) is 0 Å². The molecule has 112 valence electrons. The molecule has 2 aromatic carbocycles. The van der Waals surface area contributed by atoms with E-state index in [0.29, 0.717) is 0 Å². The van der Waals surface area contributed by atoms with E-state index in [1.165, 1.54) is 11.1 Å². The highest BCUT2D eigenvalue weighted by molar-refractivity contribution is 14.0. The van der Waals surface area contributed by atoms with E-state index in [0.717, 1.165) is 6.42 Å². The van der Waals surface area contributed by atoms with Crippen LogP contribution in [0.25, 0.3) is 0 Å². The molecule has 0 N–H and O–H groups in total. The fourth-order valence-corrected chi connectivity index (χ4v) is 3.24. The molecule has 0 bridgehead atoms. The first-order valence-electron chi connectivity index (χ1n) is 6.94. The van der Waals surface area contributed by atoms with Crippen molar-refractivity contribution in [3.8, 4) is 0 Å². The van der Waals surface area contributed by atoms with Gasteiger partial charge in [0, 0.05) is 5.41 Å². The molecule has 0 spiro atoms. The molecular formula is C19H22I2. The summed E-state index contributed by atoms with van der Waals surface area (Å²) in [6, 6.07) is 21.7. The second-order valence-corrected chi connectivity index (χ2v) is 6.20. The maximum Gasteiger partial charge on any atom is 0.0390 e. The van der Waals surface area contributed by atoms with Crippen molar-refractivity contribution in [3.63, 3.8) is 0 Å². The lowest BCUT2D eigenvalue weighted by atomic mass is 9.71. The molecule has 3 rings (SSSR count). The van der Waals surface area contributed by atoms with Crippen molar-refractivity contribution < 1.29 is 0 Å². The van der Waals surface area contributed by atoms with Crippen LogP contribution in [0, 0.1) is 5.41 Å². The predicted molar refractivity (Wildman–Crippen MR) is 112 cm³/mol. The van der Waals surface area contributed by atoms with Gasteiger partial charge < -0.3 is 0 Å². The lowest BCUT2D eigenvalue weighted by Crippen LogP contribution is -2.26. The van der Waals surface area contributed by atoms with Crippen molar-refractivity contribution in [1.82, 2.24) is 0 Å². The van der Waals surface area contributed by atoms with Crippen molar-refractivity contribution in [2.75, 3.05) is 0 Å². The third-order valence-electron chi connectivity index (χ3n) is 4.13. The highest BCUT2D eigenvalue weighted by atomic mass is 127. The Morgan fingerprint density at radius 2 is 1.10 bits per heavy atom. The van der Waals surface area contributed by atoms with Crippen molar-refractivity contribution in [2.45, 2.75) is 25.7 Å². The summed E-state index contributed by atoms with van der Waals surface area (Å²) in [4.78, 5) is 0. The Morgan fingerprint density at radius 1 is 0.667 bits per heavy atom. The van der Waals surface area contributed by atoms with Gasteiger partial charge in [-0.05, 0) is 23.0 Å². The molecule has 0 aliphatic heterocycles. The van der Waals surface area contributed by atoms with E-state index in [1.807, 2.05) is 0 Å². The molecule has 1 aliphatic carbocycles. The van der Waals surface area contributed by atoms with Gasteiger partial charge >= 0.3 is 0 Å². The Hall–Kier alpha value is -0.360. The Morgan fingerprint density at radius 3 is 1.43 bits per heavy atom. The normalized spacial score (nSPS) is 17.6. The number of hydrogen-bond donors (Lipinski definition) is 0. The minimum absolute atomic E-state index is 0. The minimum atomic E-state index is 0. The van der Waals surface area contributed by atoms with Crippen LogP contribution in [0.5, 0.6) is 0 Å². The van der Waals surface area contributed by atoms with Crippen molar-refractivity contribution in [1.29, 1.82) is 0 Å². The number of allylic oxidation sites excluding steroid dienone is 2. The van der Waals surface area contributed by atoms with E-state index < -0.39 is 0 Å². The highest BCUT2D eigenvalue weighted by Crippen LogP contribution is 2.49. The summed E-state index contributed by atoms with van der Waals surface area (Å²) in [6.07, 6.45) is 5.90. The molecule has 0 fully saturated rings. The summed E-state index contributed by atoms with van der Waals surface area (Å²) < 4.78 is 0. The van der Waals surface area contributed by atoms with Crippen LogP contribution < -0.4 is 0 Å². The Balaban J connectivity index is 0.00000110. The van der Waals surface area contributed by atoms with Gasteiger partial charge in [-0.15, -0.1) is 48.0 Å². The maximum absolute atomic E-state index is 2.40. The van der Waals surface area contributed by atoms with Crippen molar-refractivity contribution >= 4 is 48.0 Å². The highest BCUT2D eigenvalue weighted by Gasteiger charge is 2.40. The van der Waals surface area contributed by atoms with Crippen LogP contribution >= 0.6 is 48.0 Å². The zero-order valence-electron chi connectivity index (χ0n) is 12.5.